The highest BCUT2D eigenvalue weighted by Gasteiger charge is 2.52. The van der Waals surface area contributed by atoms with Crippen LogP contribution in [0.15, 0.2) is 253 Å². The van der Waals surface area contributed by atoms with Gasteiger partial charge in [-0.2, -0.15) is 0 Å². The van der Waals surface area contributed by atoms with E-state index in [1.165, 1.54) is 72.0 Å². The van der Waals surface area contributed by atoms with Gasteiger partial charge in [0.05, 0.1) is 16.8 Å². The maximum atomic E-state index is 6.42. The largest absolute Gasteiger partial charge is 0.456 e. The van der Waals surface area contributed by atoms with E-state index in [4.69, 9.17) is 4.42 Å². The number of rotatable bonds is 6. The van der Waals surface area contributed by atoms with Gasteiger partial charge in [-0.05, 0) is 115 Å². The van der Waals surface area contributed by atoms with Crippen molar-refractivity contribution < 1.29 is 4.42 Å². The Morgan fingerprint density at radius 3 is 1.63 bits per heavy atom. The van der Waals surface area contributed by atoms with Gasteiger partial charge in [0.1, 0.15) is 11.2 Å². The van der Waals surface area contributed by atoms with Crippen molar-refractivity contribution in [3.05, 3.63) is 271 Å². The van der Waals surface area contributed by atoms with Crippen LogP contribution < -0.4 is 4.90 Å². The lowest BCUT2D eigenvalue weighted by molar-refractivity contribution is 0.669. The molecule has 0 saturated heterocycles. The van der Waals surface area contributed by atoms with Crippen molar-refractivity contribution in [1.82, 2.24) is 0 Å². The molecule has 0 N–H and O–H groups in total. The lowest BCUT2D eigenvalue weighted by Crippen LogP contribution is -2.26. The first-order valence-electron chi connectivity index (χ1n) is 23.2. The Kier molecular flexibility index (Phi) is 8.23. The summed E-state index contributed by atoms with van der Waals surface area (Å²) in [5.41, 5.74) is 22.1. The van der Waals surface area contributed by atoms with Gasteiger partial charge < -0.3 is 9.32 Å². The van der Waals surface area contributed by atoms with E-state index < -0.39 is 5.41 Å². The Morgan fingerprint density at radius 1 is 0.313 bits per heavy atom. The monoisotopic (exact) mass is 851 g/mol. The minimum absolute atomic E-state index is 0.462. The summed E-state index contributed by atoms with van der Waals surface area (Å²) in [7, 11) is 0. The second-order valence-corrected chi connectivity index (χ2v) is 17.9. The molecular formula is C65H41NO. The van der Waals surface area contributed by atoms with E-state index >= 15 is 0 Å². The molecule has 312 valence electrons. The maximum Gasteiger partial charge on any atom is 0.136 e. The molecule has 67 heavy (non-hydrogen) atoms. The van der Waals surface area contributed by atoms with E-state index in [-0.39, 0.29) is 0 Å². The molecule has 11 aromatic carbocycles. The van der Waals surface area contributed by atoms with Crippen molar-refractivity contribution in [3.8, 4) is 55.6 Å². The first kappa shape index (κ1) is 37.6. The Morgan fingerprint density at radius 2 is 0.851 bits per heavy atom. The summed E-state index contributed by atoms with van der Waals surface area (Å²) in [4.78, 5) is 2.51. The van der Waals surface area contributed by atoms with Gasteiger partial charge in [0.2, 0.25) is 0 Å². The highest BCUT2D eigenvalue weighted by atomic mass is 16.3. The minimum atomic E-state index is -0.462. The molecule has 14 rings (SSSR count). The SMILES string of the molecule is c1ccc(-c2ccc(N(c3ccccc3-c3cccc(-c4cccc5ccc6oc7ccccc7c6c45)c3)c3cccc4c3-c3ccccc3C43c4ccccc4-c4ccccc43)cc2)cc1. The van der Waals surface area contributed by atoms with Crippen LogP contribution in [0.1, 0.15) is 22.3 Å². The molecule has 0 fully saturated rings. The van der Waals surface area contributed by atoms with Crippen molar-refractivity contribution in [1.29, 1.82) is 0 Å². The highest BCUT2D eigenvalue weighted by Crippen LogP contribution is 2.65. The Bertz CT molecular complexity index is 3890. The molecule has 2 aliphatic carbocycles. The Balaban J connectivity index is 1.00. The van der Waals surface area contributed by atoms with Crippen molar-refractivity contribution in [3.63, 3.8) is 0 Å². The third-order valence-corrected chi connectivity index (χ3v) is 14.5. The first-order chi connectivity index (χ1) is 33.3. The predicted octanol–water partition coefficient (Wildman–Crippen LogP) is 17.6. The van der Waals surface area contributed by atoms with Crippen LogP contribution in [0.5, 0.6) is 0 Å². The molecule has 2 heteroatoms. The topological polar surface area (TPSA) is 16.4 Å². The Labute approximate surface area is 389 Å². The van der Waals surface area contributed by atoms with Crippen LogP contribution in [0.3, 0.4) is 0 Å². The van der Waals surface area contributed by atoms with Gasteiger partial charge >= 0.3 is 0 Å². The van der Waals surface area contributed by atoms with Crippen LogP contribution in [-0.4, -0.2) is 0 Å². The van der Waals surface area contributed by atoms with Gasteiger partial charge in [0.25, 0.3) is 0 Å². The summed E-state index contributed by atoms with van der Waals surface area (Å²) in [5, 5.41) is 4.69. The zero-order valence-electron chi connectivity index (χ0n) is 36.5. The molecule has 2 aliphatic rings. The quantitative estimate of drug-likeness (QED) is 0.166. The molecule has 2 nitrogen and oxygen atoms in total. The van der Waals surface area contributed by atoms with Gasteiger partial charge in [0.15, 0.2) is 0 Å². The van der Waals surface area contributed by atoms with E-state index in [1.807, 2.05) is 6.07 Å². The molecule has 0 atom stereocenters. The van der Waals surface area contributed by atoms with Gasteiger partial charge in [-0.25, -0.2) is 0 Å². The molecule has 0 saturated carbocycles. The van der Waals surface area contributed by atoms with Crippen molar-refractivity contribution >= 4 is 49.8 Å². The molecule has 0 bridgehead atoms. The number of nitrogens with zero attached hydrogens (tertiary/aromatic N) is 1. The van der Waals surface area contributed by atoms with Crippen LogP contribution in [0.25, 0.3) is 88.3 Å². The summed E-state index contributed by atoms with van der Waals surface area (Å²) in [5.74, 6) is 0. The normalized spacial score (nSPS) is 12.9. The number of fused-ring (bicyclic) bond motifs is 15. The number of hydrogen-bond acceptors (Lipinski definition) is 2. The molecule has 1 aromatic heterocycles. The number of hydrogen-bond donors (Lipinski definition) is 0. The van der Waals surface area contributed by atoms with Crippen molar-refractivity contribution in [2.45, 2.75) is 5.41 Å². The number of para-hydroxylation sites is 2. The summed E-state index contributed by atoms with van der Waals surface area (Å²) < 4.78 is 6.42. The van der Waals surface area contributed by atoms with E-state index in [1.54, 1.807) is 0 Å². The van der Waals surface area contributed by atoms with Gasteiger partial charge in [-0.15, -0.1) is 0 Å². The third kappa shape index (κ3) is 5.45. The number of anilines is 3. The zero-order chi connectivity index (χ0) is 44.1. The van der Waals surface area contributed by atoms with Gasteiger partial charge in [-0.3, -0.25) is 0 Å². The molecule has 0 radical (unpaired) electrons. The number of furan rings is 1. The summed E-state index contributed by atoms with van der Waals surface area (Å²) in [6, 6.07) is 91.4. The highest BCUT2D eigenvalue weighted by molar-refractivity contribution is 6.23. The molecule has 12 aromatic rings. The van der Waals surface area contributed by atoms with Crippen LogP contribution >= 0.6 is 0 Å². The molecule has 0 aliphatic heterocycles. The zero-order valence-corrected chi connectivity index (χ0v) is 36.5. The maximum absolute atomic E-state index is 6.42. The fraction of sp³-hybridized carbons (Fsp3) is 0.0154. The van der Waals surface area contributed by atoms with E-state index in [2.05, 4.69) is 248 Å². The fourth-order valence-electron chi connectivity index (χ4n) is 11.8. The Hall–Kier alpha value is -8.72. The molecule has 0 unspecified atom stereocenters. The van der Waals surface area contributed by atoms with Crippen LogP contribution in [0.4, 0.5) is 17.1 Å². The summed E-state index contributed by atoms with van der Waals surface area (Å²) in [6.07, 6.45) is 0. The van der Waals surface area contributed by atoms with Crippen molar-refractivity contribution in [2.75, 3.05) is 4.90 Å². The molecule has 1 heterocycles. The van der Waals surface area contributed by atoms with E-state index in [0.29, 0.717) is 0 Å². The average Bonchev–Trinajstić information content (AvgIpc) is 4.04. The summed E-state index contributed by atoms with van der Waals surface area (Å²) in [6.45, 7) is 0. The van der Waals surface area contributed by atoms with Gasteiger partial charge in [0, 0.05) is 33.0 Å². The van der Waals surface area contributed by atoms with E-state index in [0.717, 1.165) is 55.7 Å². The lowest BCUT2D eigenvalue weighted by atomic mass is 9.70. The summed E-state index contributed by atoms with van der Waals surface area (Å²) >= 11 is 0. The molecular weight excluding hydrogens is 811 g/mol. The third-order valence-electron chi connectivity index (χ3n) is 14.5. The second kappa shape index (κ2) is 14.7. The second-order valence-electron chi connectivity index (χ2n) is 17.9. The van der Waals surface area contributed by atoms with Crippen LogP contribution in [-0.2, 0) is 5.41 Å². The van der Waals surface area contributed by atoms with Crippen molar-refractivity contribution in [2.24, 2.45) is 0 Å². The smallest absolute Gasteiger partial charge is 0.136 e. The lowest BCUT2D eigenvalue weighted by Gasteiger charge is -2.32. The number of benzene rings is 11. The standard InChI is InChI=1S/C65H41NO/c1-2-17-42(18-3-1)43-35-38-47(39-36-43)66(59-33-16-31-57-63(59)52-25-6-11-30-56(52)65(57)54-28-9-4-23-50(54)51-24-5-10-29-55(51)65)58-32-12-7-22-48(58)45-20-14-21-46(41-45)49-27-15-19-44-37-40-61-64(62(44)49)53-26-8-13-34-60(53)67-61/h1-41H. The predicted molar refractivity (Wildman–Crippen MR) is 279 cm³/mol. The van der Waals surface area contributed by atoms with Gasteiger partial charge in [-0.1, -0.05) is 206 Å². The van der Waals surface area contributed by atoms with E-state index in [9.17, 15) is 0 Å². The minimum Gasteiger partial charge on any atom is -0.456 e. The van der Waals surface area contributed by atoms with Crippen LogP contribution in [0, 0.1) is 0 Å². The average molecular weight is 852 g/mol. The molecule has 1 spiro atoms. The fourth-order valence-corrected chi connectivity index (χ4v) is 11.8. The van der Waals surface area contributed by atoms with Crippen LogP contribution in [0.2, 0.25) is 0 Å². The molecule has 0 amide bonds. The first-order valence-corrected chi connectivity index (χ1v) is 23.2.